The lowest BCUT2D eigenvalue weighted by molar-refractivity contribution is 0.101. The van der Waals surface area contributed by atoms with Gasteiger partial charge < -0.3 is 4.90 Å². The number of ketones is 1. The molecule has 0 amide bonds. The van der Waals surface area contributed by atoms with Crippen molar-refractivity contribution in [2.45, 2.75) is 18.2 Å². The second-order valence-electron chi connectivity index (χ2n) is 7.19. The van der Waals surface area contributed by atoms with Gasteiger partial charge in [0.2, 0.25) is 10.0 Å². The third-order valence-corrected chi connectivity index (χ3v) is 7.15. The normalized spacial score (nSPS) is 15.5. The van der Waals surface area contributed by atoms with E-state index in [1.54, 1.807) is 29.2 Å². The zero-order valence-electron chi connectivity index (χ0n) is 16.7. The van der Waals surface area contributed by atoms with Crippen LogP contribution in [0.4, 0.5) is 14.6 Å². The van der Waals surface area contributed by atoms with E-state index in [0.717, 1.165) is 0 Å². The molecule has 2 aromatic carbocycles. The largest absolute Gasteiger partial charge is 0.353 e. The fourth-order valence-electron chi connectivity index (χ4n) is 3.57. The molecule has 7 nitrogen and oxygen atoms in total. The van der Waals surface area contributed by atoms with E-state index in [-0.39, 0.29) is 23.8 Å². The Labute approximate surface area is 178 Å². The molecule has 0 radical (unpaired) electrons. The first-order valence-electron chi connectivity index (χ1n) is 9.68. The van der Waals surface area contributed by atoms with Crippen LogP contribution in [-0.4, -0.2) is 54.7 Å². The first-order valence-corrected chi connectivity index (χ1v) is 11.1. The monoisotopic (exact) mass is 446 g/mol. The van der Waals surface area contributed by atoms with Crippen molar-refractivity contribution in [2.24, 2.45) is 0 Å². The number of carbonyl (C=O) groups excluding carboxylic acids is 1. The summed E-state index contributed by atoms with van der Waals surface area (Å²) in [7, 11) is -3.73. The summed E-state index contributed by atoms with van der Waals surface area (Å²) in [6.45, 7) is 2.38. The molecule has 0 aliphatic carbocycles. The molecule has 31 heavy (non-hydrogen) atoms. The van der Waals surface area contributed by atoms with Gasteiger partial charge in [-0.2, -0.15) is 4.31 Å². The van der Waals surface area contributed by atoms with E-state index in [1.807, 2.05) is 0 Å². The average molecular weight is 446 g/mol. The fraction of sp³-hybridized carbons (Fsp3) is 0.286. The number of benzene rings is 2. The Kier molecular flexibility index (Phi) is 5.67. The number of aromatic nitrogens is 2. The first kappa shape index (κ1) is 21.3. The summed E-state index contributed by atoms with van der Waals surface area (Å²) in [5.41, 5.74) is 0.859. The molecule has 2 heterocycles. The van der Waals surface area contributed by atoms with Crippen LogP contribution in [0.2, 0.25) is 0 Å². The molecule has 0 spiro atoms. The van der Waals surface area contributed by atoms with Gasteiger partial charge in [0.25, 0.3) is 6.43 Å². The Bertz CT molecular complexity index is 1230. The van der Waals surface area contributed by atoms with Gasteiger partial charge in [-0.3, -0.25) is 4.79 Å². The van der Waals surface area contributed by atoms with Gasteiger partial charge in [-0.15, -0.1) is 0 Å². The highest BCUT2D eigenvalue weighted by Crippen LogP contribution is 2.28. The number of piperazine rings is 1. The number of carbonyl (C=O) groups is 1. The van der Waals surface area contributed by atoms with Crippen molar-refractivity contribution in [1.82, 2.24) is 14.3 Å². The molecule has 1 saturated heterocycles. The van der Waals surface area contributed by atoms with Gasteiger partial charge in [0.05, 0.1) is 10.4 Å². The van der Waals surface area contributed by atoms with Gasteiger partial charge in [-0.05, 0) is 31.2 Å². The number of hydrogen-bond acceptors (Lipinski definition) is 6. The highest BCUT2D eigenvalue weighted by molar-refractivity contribution is 7.89. The number of alkyl halides is 2. The van der Waals surface area contributed by atoms with Gasteiger partial charge >= 0.3 is 0 Å². The zero-order chi connectivity index (χ0) is 22.2. The number of nitrogens with zero attached hydrogens (tertiary/aromatic N) is 4. The summed E-state index contributed by atoms with van der Waals surface area (Å²) >= 11 is 0. The lowest BCUT2D eigenvalue weighted by Crippen LogP contribution is -2.49. The Morgan fingerprint density at radius 3 is 2.23 bits per heavy atom. The third kappa shape index (κ3) is 4.13. The maximum atomic E-state index is 13.3. The minimum Gasteiger partial charge on any atom is -0.353 e. The summed E-state index contributed by atoms with van der Waals surface area (Å²) in [4.78, 5) is 21.3. The molecule has 0 unspecified atom stereocenters. The van der Waals surface area contributed by atoms with Crippen LogP contribution in [0.3, 0.4) is 0 Å². The SMILES string of the molecule is CC(=O)c1ccc(S(=O)(=O)N2CCN(c3nc(C(F)F)nc4ccccc34)CC2)cc1. The fourth-order valence-corrected chi connectivity index (χ4v) is 4.99. The van der Waals surface area contributed by atoms with Crippen LogP contribution < -0.4 is 4.90 Å². The Morgan fingerprint density at radius 1 is 0.968 bits per heavy atom. The van der Waals surface area contributed by atoms with E-state index in [1.165, 1.54) is 35.5 Å². The van der Waals surface area contributed by atoms with E-state index < -0.39 is 22.3 Å². The lowest BCUT2D eigenvalue weighted by atomic mass is 10.2. The number of Topliss-reactive ketones (excluding diaryl/α,β-unsaturated/α-hetero) is 1. The van der Waals surface area contributed by atoms with Crippen LogP contribution in [0.1, 0.15) is 29.5 Å². The Balaban J connectivity index is 1.57. The topological polar surface area (TPSA) is 83.5 Å². The molecule has 162 valence electrons. The molecule has 3 aromatic rings. The second-order valence-corrected chi connectivity index (χ2v) is 9.13. The number of fused-ring (bicyclic) bond motifs is 1. The number of rotatable bonds is 5. The molecule has 10 heteroatoms. The van der Waals surface area contributed by atoms with Gasteiger partial charge in [0.1, 0.15) is 5.82 Å². The summed E-state index contributed by atoms with van der Waals surface area (Å²) in [6.07, 6.45) is -2.80. The standard InChI is InChI=1S/C21H20F2N4O3S/c1-14(28)15-6-8-16(9-7-15)31(29,30)27-12-10-26(11-13-27)21-17-4-2-3-5-18(17)24-20(25-21)19(22)23/h2-9,19H,10-13H2,1H3. The van der Waals surface area contributed by atoms with Crippen LogP contribution in [-0.2, 0) is 10.0 Å². The number of anilines is 1. The molecule has 1 aromatic heterocycles. The number of hydrogen-bond donors (Lipinski definition) is 0. The molecule has 0 atom stereocenters. The van der Waals surface area contributed by atoms with E-state index in [9.17, 15) is 22.0 Å². The average Bonchev–Trinajstić information content (AvgIpc) is 2.78. The number of halogens is 2. The minimum absolute atomic E-state index is 0.110. The first-order chi connectivity index (χ1) is 14.8. The maximum Gasteiger partial charge on any atom is 0.297 e. The van der Waals surface area contributed by atoms with Crippen LogP contribution in [0.15, 0.2) is 53.4 Å². The van der Waals surface area contributed by atoms with Crippen LogP contribution >= 0.6 is 0 Å². The number of sulfonamides is 1. The molecule has 1 aliphatic heterocycles. The molecule has 4 rings (SSSR count). The van der Waals surface area contributed by atoms with Crippen molar-refractivity contribution in [1.29, 1.82) is 0 Å². The van der Waals surface area contributed by atoms with Gasteiger partial charge in [-0.1, -0.05) is 24.3 Å². The van der Waals surface area contributed by atoms with Crippen LogP contribution in [0, 0.1) is 0 Å². The molecule has 0 N–H and O–H groups in total. The van der Waals surface area contributed by atoms with Crippen LogP contribution in [0.25, 0.3) is 10.9 Å². The van der Waals surface area contributed by atoms with Crippen molar-refractivity contribution in [3.05, 3.63) is 59.9 Å². The van der Waals surface area contributed by atoms with E-state index in [4.69, 9.17) is 0 Å². The molecule has 0 saturated carbocycles. The molecule has 1 aliphatic rings. The Morgan fingerprint density at radius 2 is 1.61 bits per heavy atom. The Hall–Kier alpha value is -2.98. The summed E-state index contributed by atoms with van der Waals surface area (Å²) in [5, 5.41) is 0.642. The predicted molar refractivity (Wildman–Crippen MR) is 112 cm³/mol. The van der Waals surface area contributed by atoms with Crippen molar-refractivity contribution in [2.75, 3.05) is 31.1 Å². The van der Waals surface area contributed by atoms with Crippen molar-refractivity contribution in [3.63, 3.8) is 0 Å². The predicted octanol–water partition coefficient (Wildman–Crippen LogP) is 3.28. The second kappa shape index (κ2) is 8.27. The number of para-hydroxylation sites is 1. The van der Waals surface area contributed by atoms with Gasteiger partial charge in [-0.25, -0.2) is 27.2 Å². The molecule has 0 bridgehead atoms. The minimum atomic E-state index is -3.73. The summed E-state index contributed by atoms with van der Waals surface area (Å²) < 4.78 is 53.8. The van der Waals surface area contributed by atoms with Crippen LogP contribution in [0.5, 0.6) is 0 Å². The van der Waals surface area contributed by atoms with Crippen molar-refractivity contribution in [3.8, 4) is 0 Å². The van der Waals surface area contributed by atoms with Crippen molar-refractivity contribution < 1.29 is 22.0 Å². The van der Waals surface area contributed by atoms with E-state index in [0.29, 0.717) is 35.4 Å². The maximum absolute atomic E-state index is 13.3. The lowest BCUT2D eigenvalue weighted by Gasteiger charge is -2.35. The highest BCUT2D eigenvalue weighted by atomic mass is 32.2. The van der Waals surface area contributed by atoms with Crippen molar-refractivity contribution >= 4 is 32.5 Å². The molecular weight excluding hydrogens is 426 g/mol. The van der Waals surface area contributed by atoms with E-state index >= 15 is 0 Å². The third-order valence-electron chi connectivity index (χ3n) is 5.23. The molecular formula is C21H20F2N4O3S. The van der Waals surface area contributed by atoms with E-state index in [2.05, 4.69) is 9.97 Å². The highest BCUT2D eigenvalue weighted by Gasteiger charge is 2.30. The molecule has 1 fully saturated rings. The summed E-state index contributed by atoms with van der Waals surface area (Å²) in [6, 6.07) is 12.7. The smallest absolute Gasteiger partial charge is 0.297 e. The van der Waals surface area contributed by atoms with Gasteiger partial charge in [0, 0.05) is 37.1 Å². The zero-order valence-corrected chi connectivity index (χ0v) is 17.5. The summed E-state index contributed by atoms with van der Waals surface area (Å²) in [5.74, 6) is -0.309. The van der Waals surface area contributed by atoms with Gasteiger partial charge in [0.15, 0.2) is 11.6 Å². The quantitative estimate of drug-likeness (QED) is 0.560.